The average molecular weight is 355 g/mol. The lowest BCUT2D eigenvalue weighted by Gasteiger charge is -2.27. The highest BCUT2D eigenvalue weighted by Crippen LogP contribution is 2.35. The summed E-state index contributed by atoms with van der Waals surface area (Å²) in [6.45, 7) is 3.25. The second-order valence-corrected chi connectivity index (χ2v) is 7.21. The Kier molecular flexibility index (Phi) is 5.43. The number of thioether (sulfide) groups is 1. The third-order valence-electron chi connectivity index (χ3n) is 4.22. The van der Waals surface area contributed by atoms with Crippen molar-refractivity contribution in [2.75, 3.05) is 5.75 Å². The predicted molar refractivity (Wildman–Crippen MR) is 99.2 cm³/mol. The number of benzene rings is 2. The van der Waals surface area contributed by atoms with E-state index in [1.54, 1.807) is 31.2 Å². The maximum atomic E-state index is 12.5. The Bertz CT molecular complexity index is 773. The van der Waals surface area contributed by atoms with E-state index in [1.807, 2.05) is 23.9 Å². The van der Waals surface area contributed by atoms with Crippen LogP contribution in [0.5, 0.6) is 5.75 Å². The average Bonchev–Trinajstić information content (AvgIpc) is 2.62. The molecule has 2 atom stereocenters. The number of hydrogen-bond acceptors (Lipinski definition) is 4. The third-order valence-corrected chi connectivity index (χ3v) is 5.34. The van der Waals surface area contributed by atoms with Crippen molar-refractivity contribution in [3.8, 4) is 5.75 Å². The Hall–Kier alpha value is -2.27. The molecule has 4 nitrogen and oxygen atoms in total. The van der Waals surface area contributed by atoms with Crippen LogP contribution in [0.1, 0.15) is 42.2 Å². The first kappa shape index (κ1) is 17.5. The van der Waals surface area contributed by atoms with Gasteiger partial charge < -0.3 is 10.1 Å². The molecule has 5 heteroatoms. The lowest BCUT2D eigenvalue weighted by molar-refractivity contribution is -0.128. The molecule has 0 saturated carbocycles. The van der Waals surface area contributed by atoms with Gasteiger partial charge in [-0.1, -0.05) is 18.2 Å². The quantitative estimate of drug-likeness (QED) is 0.824. The highest BCUT2D eigenvalue weighted by atomic mass is 32.2. The maximum absolute atomic E-state index is 12.5. The first-order chi connectivity index (χ1) is 12.0. The van der Waals surface area contributed by atoms with Crippen molar-refractivity contribution in [2.45, 2.75) is 37.3 Å². The number of rotatable bonds is 5. The number of Topliss-reactive ketones (excluding diaryl/α,β-unsaturated/α-hetero) is 1. The van der Waals surface area contributed by atoms with Crippen LogP contribution in [0.3, 0.4) is 0 Å². The molecule has 0 radical (unpaired) electrons. The van der Waals surface area contributed by atoms with Crippen molar-refractivity contribution < 1.29 is 14.3 Å². The molecular weight excluding hydrogens is 334 g/mol. The second kappa shape index (κ2) is 7.74. The van der Waals surface area contributed by atoms with Gasteiger partial charge in [0.1, 0.15) is 5.75 Å². The van der Waals surface area contributed by atoms with Gasteiger partial charge in [0.05, 0.1) is 6.04 Å². The van der Waals surface area contributed by atoms with Gasteiger partial charge in [0, 0.05) is 16.2 Å². The van der Waals surface area contributed by atoms with Gasteiger partial charge in [0.15, 0.2) is 11.9 Å². The normalized spacial score (nSPS) is 17.3. The predicted octanol–water partition coefficient (Wildman–Crippen LogP) is 4.01. The molecule has 0 spiro atoms. The molecule has 1 aliphatic heterocycles. The molecule has 3 rings (SSSR count). The standard InChI is InChI=1S/C20H21NO3S/c1-13(22)15-7-9-16(10-8-15)24-14(2)20(23)21-18-11-12-25-19-6-4-3-5-17(18)19/h3-10,14,18H,11-12H2,1-2H3,(H,21,23)/t14-,18+/m0/s1. The molecule has 1 N–H and O–H groups in total. The van der Waals surface area contributed by atoms with Crippen molar-refractivity contribution in [3.63, 3.8) is 0 Å². The summed E-state index contributed by atoms with van der Waals surface area (Å²) < 4.78 is 5.71. The number of hydrogen-bond donors (Lipinski definition) is 1. The zero-order chi connectivity index (χ0) is 17.8. The molecule has 0 aromatic heterocycles. The summed E-state index contributed by atoms with van der Waals surface area (Å²) in [5, 5.41) is 3.09. The summed E-state index contributed by atoms with van der Waals surface area (Å²) >= 11 is 1.82. The number of carbonyl (C=O) groups excluding carboxylic acids is 2. The Morgan fingerprint density at radius 1 is 1.16 bits per heavy atom. The molecule has 2 aromatic rings. The van der Waals surface area contributed by atoms with E-state index in [1.165, 1.54) is 17.4 Å². The van der Waals surface area contributed by atoms with Crippen molar-refractivity contribution in [1.29, 1.82) is 0 Å². The SMILES string of the molecule is CC(=O)c1ccc(O[C@@H](C)C(=O)N[C@@H]2CCSc3ccccc32)cc1. The zero-order valence-corrected chi connectivity index (χ0v) is 15.1. The molecule has 130 valence electrons. The fourth-order valence-electron chi connectivity index (χ4n) is 2.81. The summed E-state index contributed by atoms with van der Waals surface area (Å²) in [6.07, 6.45) is 0.304. The molecule has 1 aliphatic rings. The molecular formula is C20H21NO3S. The number of ketones is 1. The number of fused-ring (bicyclic) bond motifs is 1. The molecule has 0 aliphatic carbocycles. The van der Waals surface area contributed by atoms with Gasteiger partial charge in [-0.15, -0.1) is 11.8 Å². The van der Waals surface area contributed by atoms with Crippen LogP contribution in [0.2, 0.25) is 0 Å². The molecule has 1 heterocycles. The van der Waals surface area contributed by atoms with Crippen molar-refractivity contribution in [1.82, 2.24) is 5.32 Å². The number of carbonyl (C=O) groups is 2. The molecule has 0 unspecified atom stereocenters. The molecule has 25 heavy (non-hydrogen) atoms. The van der Waals surface area contributed by atoms with Crippen LogP contribution >= 0.6 is 11.8 Å². The fraction of sp³-hybridized carbons (Fsp3) is 0.300. The van der Waals surface area contributed by atoms with E-state index in [2.05, 4.69) is 17.4 Å². The van der Waals surface area contributed by atoms with E-state index in [0.717, 1.165) is 12.2 Å². The van der Waals surface area contributed by atoms with Gasteiger partial charge in [0.25, 0.3) is 5.91 Å². The maximum Gasteiger partial charge on any atom is 0.261 e. The summed E-state index contributed by atoms with van der Waals surface area (Å²) in [5.41, 5.74) is 1.80. The van der Waals surface area contributed by atoms with Gasteiger partial charge in [-0.25, -0.2) is 0 Å². The van der Waals surface area contributed by atoms with Crippen LogP contribution in [0.4, 0.5) is 0 Å². The minimum Gasteiger partial charge on any atom is -0.481 e. The Morgan fingerprint density at radius 2 is 1.88 bits per heavy atom. The summed E-state index contributed by atoms with van der Waals surface area (Å²) in [7, 11) is 0. The number of amides is 1. The van der Waals surface area contributed by atoms with E-state index in [4.69, 9.17) is 4.74 Å². The van der Waals surface area contributed by atoms with Crippen LogP contribution in [0, 0.1) is 0 Å². The van der Waals surface area contributed by atoms with E-state index >= 15 is 0 Å². The van der Waals surface area contributed by atoms with E-state index in [-0.39, 0.29) is 17.7 Å². The molecule has 0 fully saturated rings. The van der Waals surface area contributed by atoms with Gasteiger partial charge in [-0.2, -0.15) is 0 Å². The minimum absolute atomic E-state index is 0.00572. The Labute approximate surface area is 152 Å². The largest absolute Gasteiger partial charge is 0.481 e. The lowest BCUT2D eigenvalue weighted by atomic mass is 10.0. The lowest BCUT2D eigenvalue weighted by Crippen LogP contribution is -2.39. The number of nitrogens with one attached hydrogen (secondary N) is 1. The topological polar surface area (TPSA) is 55.4 Å². The highest BCUT2D eigenvalue weighted by Gasteiger charge is 2.24. The Balaban J connectivity index is 1.62. The third kappa shape index (κ3) is 4.23. The monoisotopic (exact) mass is 355 g/mol. The molecule has 0 saturated heterocycles. The molecule has 1 amide bonds. The Morgan fingerprint density at radius 3 is 2.60 bits per heavy atom. The van der Waals surface area contributed by atoms with E-state index in [0.29, 0.717) is 11.3 Å². The highest BCUT2D eigenvalue weighted by molar-refractivity contribution is 7.99. The summed E-state index contributed by atoms with van der Waals surface area (Å²) in [5.74, 6) is 1.43. The van der Waals surface area contributed by atoms with Crippen LogP contribution in [0.25, 0.3) is 0 Å². The smallest absolute Gasteiger partial charge is 0.261 e. The van der Waals surface area contributed by atoms with E-state index < -0.39 is 6.10 Å². The van der Waals surface area contributed by atoms with Crippen LogP contribution in [-0.2, 0) is 4.79 Å². The first-order valence-electron chi connectivity index (χ1n) is 8.34. The molecule has 0 bridgehead atoms. The van der Waals surface area contributed by atoms with Crippen molar-refractivity contribution >= 4 is 23.5 Å². The van der Waals surface area contributed by atoms with Crippen molar-refractivity contribution in [2.24, 2.45) is 0 Å². The van der Waals surface area contributed by atoms with Crippen molar-refractivity contribution in [3.05, 3.63) is 59.7 Å². The summed E-state index contributed by atoms with van der Waals surface area (Å²) in [6, 6.07) is 15.0. The van der Waals surface area contributed by atoms with E-state index in [9.17, 15) is 9.59 Å². The first-order valence-corrected chi connectivity index (χ1v) is 9.33. The summed E-state index contributed by atoms with van der Waals surface area (Å²) in [4.78, 5) is 25.0. The van der Waals surface area contributed by atoms with Crippen LogP contribution in [-0.4, -0.2) is 23.5 Å². The van der Waals surface area contributed by atoms with Gasteiger partial charge in [-0.05, 0) is 56.2 Å². The van der Waals surface area contributed by atoms with Gasteiger partial charge in [-0.3, -0.25) is 9.59 Å². The van der Waals surface area contributed by atoms with Gasteiger partial charge >= 0.3 is 0 Å². The van der Waals surface area contributed by atoms with Crippen LogP contribution < -0.4 is 10.1 Å². The number of ether oxygens (including phenoxy) is 1. The zero-order valence-electron chi connectivity index (χ0n) is 14.3. The second-order valence-electron chi connectivity index (χ2n) is 6.08. The minimum atomic E-state index is -0.607. The van der Waals surface area contributed by atoms with Gasteiger partial charge in [0.2, 0.25) is 0 Å². The van der Waals surface area contributed by atoms with Crippen LogP contribution in [0.15, 0.2) is 53.4 Å². The fourth-order valence-corrected chi connectivity index (χ4v) is 3.93. The molecule has 2 aromatic carbocycles.